The van der Waals surface area contributed by atoms with Gasteiger partial charge in [0.2, 0.25) is 5.91 Å². The molecule has 174 valence electrons. The van der Waals surface area contributed by atoms with Crippen molar-refractivity contribution in [1.29, 1.82) is 0 Å². The average molecular weight is 451 g/mol. The molecule has 0 saturated heterocycles. The lowest BCUT2D eigenvalue weighted by Crippen LogP contribution is -2.46. The van der Waals surface area contributed by atoms with Crippen molar-refractivity contribution in [2.24, 2.45) is 0 Å². The number of amides is 2. The number of hydrogen-bond donors (Lipinski definition) is 1. The summed E-state index contributed by atoms with van der Waals surface area (Å²) in [5.41, 5.74) is 0.775. The first-order valence-electron chi connectivity index (χ1n) is 10.7. The molecule has 0 spiro atoms. The van der Waals surface area contributed by atoms with Crippen LogP contribution in [0.5, 0.6) is 5.75 Å². The normalized spacial score (nSPS) is 12.6. The van der Waals surface area contributed by atoms with E-state index < -0.39 is 5.54 Å². The summed E-state index contributed by atoms with van der Waals surface area (Å²) in [5, 5.41) is 2.78. The smallest absolute Gasteiger partial charge is 0.252 e. The molecule has 0 saturated carbocycles. The van der Waals surface area contributed by atoms with Gasteiger partial charge in [0.15, 0.2) is 5.82 Å². The molecular weight excluding hydrogens is 420 g/mol. The van der Waals surface area contributed by atoms with Gasteiger partial charge in [0.05, 0.1) is 33.1 Å². The number of hydrogen-bond acceptors (Lipinski definition) is 5. The molecule has 2 aromatic carbocycles. The molecule has 1 unspecified atom stereocenters. The van der Waals surface area contributed by atoms with Crippen molar-refractivity contribution in [2.75, 3.05) is 33.1 Å². The van der Waals surface area contributed by atoms with Crippen LogP contribution in [0.1, 0.15) is 24.5 Å². The van der Waals surface area contributed by atoms with Crippen molar-refractivity contribution >= 4 is 17.6 Å². The summed E-state index contributed by atoms with van der Waals surface area (Å²) >= 11 is 0. The lowest BCUT2D eigenvalue weighted by Gasteiger charge is -2.33. The first-order valence-corrected chi connectivity index (χ1v) is 10.7. The van der Waals surface area contributed by atoms with Gasteiger partial charge in [-0.3, -0.25) is 9.59 Å². The second-order valence-electron chi connectivity index (χ2n) is 8.00. The Labute approximate surface area is 194 Å². The zero-order valence-corrected chi connectivity index (χ0v) is 19.4. The van der Waals surface area contributed by atoms with Crippen LogP contribution in [0.25, 0.3) is 0 Å². The highest BCUT2D eigenvalue weighted by atomic mass is 16.5. The number of methoxy groups -OCH3 is 1. The van der Waals surface area contributed by atoms with Crippen molar-refractivity contribution < 1.29 is 19.1 Å². The average Bonchev–Trinajstić information content (AvgIpc) is 3.30. The molecule has 0 bridgehead atoms. The van der Waals surface area contributed by atoms with E-state index in [4.69, 9.17) is 9.47 Å². The first-order chi connectivity index (χ1) is 15.8. The van der Waals surface area contributed by atoms with Crippen molar-refractivity contribution in [3.8, 4) is 5.75 Å². The molecular formula is C25H30N4O4. The molecule has 8 heteroatoms. The number of nitrogens with one attached hydrogen (secondary N) is 1. The summed E-state index contributed by atoms with van der Waals surface area (Å²) in [6.45, 7) is 2.57. The van der Waals surface area contributed by atoms with E-state index >= 15 is 0 Å². The highest BCUT2D eigenvalue weighted by molar-refractivity contribution is 5.90. The number of likely N-dealkylation sites (N-methyl/N-ethyl adjacent to an activating group) is 1. The Morgan fingerprint density at radius 3 is 2.42 bits per heavy atom. The molecule has 2 amide bonds. The van der Waals surface area contributed by atoms with Crippen LogP contribution in [-0.4, -0.2) is 54.1 Å². The van der Waals surface area contributed by atoms with Gasteiger partial charge in [0.1, 0.15) is 11.3 Å². The number of anilines is 1. The second-order valence-corrected chi connectivity index (χ2v) is 8.00. The van der Waals surface area contributed by atoms with E-state index in [0.29, 0.717) is 24.8 Å². The quantitative estimate of drug-likeness (QED) is 0.479. The van der Waals surface area contributed by atoms with E-state index in [9.17, 15) is 9.59 Å². The molecule has 0 aliphatic carbocycles. The third-order valence-electron chi connectivity index (χ3n) is 5.43. The maximum Gasteiger partial charge on any atom is 0.252 e. The number of ether oxygens (including phenoxy) is 2. The molecule has 1 aromatic heterocycles. The molecule has 8 nitrogen and oxygen atoms in total. The zero-order valence-electron chi connectivity index (χ0n) is 19.4. The number of nitrogens with zero attached hydrogens (tertiary/aromatic N) is 3. The van der Waals surface area contributed by atoms with Crippen LogP contribution < -0.4 is 10.1 Å². The molecule has 3 aromatic rings. The summed E-state index contributed by atoms with van der Waals surface area (Å²) in [5.74, 6) is 0.733. The van der Waals surface area contributed by atoms with Crippen molar-refractivity contribution in [3.05, 3.63) is 78.2 Å². The van der Waals surface area contributed by atoms with Gasteiger partial charge in [0, 0.05) is 20.3 Å². The predicted molar refractivity (Wildman–Crippen MR) is 126 cm³/mol. The van der Waals surface area contributed by atoms with Gasteiger partial charge >= 0.3 is 0 Å². The van der Waals surface area contributed by atoms with Crippen LogP contribution in [0, 0.1) is 0 Å². The van der Waals surface area contributed by atoms with E-state index in [-0.39, 0.29) is 18.2 Å². The monoisotopic (exact) mass is 450 g/mol. The van der Waals surface area contributed by atoms with Gasteiger partial charge in [-0.15, -0.1) is 0 Å². The number of carbonyl (C=O) groups excluding carboxylic acids is 2. The Hall–Kier alpha value is -3.65. The molecule has 1 heterocycles. The number of imidazole rings is 1. The number of benzene rings is 2. The molecule has 0 aliphatic heterocycles. The molecule has 33 heavy (non-hydrogen) atoms. The van der Waals surface area contributed by atoms with Crippen LogP contribution in [0.4, 0.5) is 5.82 Å². The van der Waals surface area contributed by atoms with E-state index in [2.05, 4.69) is 10.3 Å². The molecule has 3 rings (SSSR count). The van der Waals surface area contributed by atoms with Gasteiger partial charge in [0.25, 0.3) is 5.91 Å². The second kappa shape index (κ2) is 10.8. The van der Waals surface area contributed by atoms with Gasteiger partial charge in [-0.25, -0.2) is 4.98 Å². The predicted octanol–water partition coefficient (Wildman–Crippen LogP) is 3.29. The van der Waals surface area contributed by atoms with Gasteiger partial charge in [-0.1, -0.05) is 42.5 Å². The summed E-state index contributed by atoms with van der Waals surface area (Å²) in [4.78, 5) is 31.3. The third kappa shape index (κ3) is 5.78. The molecule has 1 atom stereocenters. The van der Waals surface area contributed by atoms with Crippen LogP contribution >= 0.6 is 0 Å². The van der Waals surface area contributed by atoms with E-state index in [1.54, 1.807) is 38.3 Å². The highest BCUT2D eigenvalue weighted by Crippen LogP contribution is 2.30. The van der Waals surface area contributed by atoms with Crippen molar-refractivity contribution in [3.63, 3.8) is 0 Å². The fourth-order valence-electron chi connectivity index (χ4n) is 3.50. The first kappa shape index (κ1) is 24.0. The molecule has 0 aliphatic rings. The Balaban J connectivity index is 1.67. The van der Waals surface area contributed by atoms with Gasteiger partial charge in [-0.2, -0.15) is 0 Å². The Kier molecular flexibility index (Phi) is 7.84. The zero-order chi connectivity index (χ0) is 23.8. The van der Waals surface area contributed by atoms with Crippen LogP contribution in [-0.2, 0) is 26.5 Å². The van der Waals surface area contributed by atoms with Crippen LogP contribution in [0.15, 0.2) is 67.1 Å². The summed E-state index contributed by atoms with van der Waals surface area (Å²) < 4.78 is 12.5. The highest BCUT2D eigenvalue weighted by Gasteiger charge is 2.38. The summed E-state index contributed by atoms with van der Waals surface area (Å²) in [6, 6.07) is 17.1. The van der Waals surface area contributed by atoms with Gasteiger partial charge in [-0.05, 0) is 30.2 Å². The summed E-state index contributed by atoms with van der Waals surface area (Å²) in [6.07, 6.45) is 3.41. The Morgan fingerprint density at radius 1 is 1.09 bits per heavy atom. The molecule has 0 fully saturated rings. The Bertz CT molecular complexity index is 1060. The largest absolute Gasteiger partial charge is 0.497 e. The van der Waals surface area contributed by atoms with E-state index in [1.807, 2.05) is 61.5 Å². The van der Waals surface area contributed by atoms with E-state index in [1.165, 1.54) is 4.90 Å². The third-order valence-corrected chi connectivity index (χ3v) is 5.43. The van der Waals surface area contributed by atoms with Gasteiger partial charge < -0.3 is 24.3 Å². The van der Waals surface area contributed by atoms with E-state index in [0.717, 1.165) is 11.1 Å². The minimum Gasteiger partial charge on any atom is -0.497 e. The fraction of sp³-hybridized carbons (Fsp3) is 0.320. The lowest BCUT2D eigenvalue weighted by molar-refractivity contribution is -0.135. The minimum absolute atomic E-state index is 0.128. The molecule has 1 N–H and O–H groups in total. The fourth-order valence-corrected chi connectivity index (χ4v) is 3.50. The minimum atomic E-state index is -1.05. The topological polar surface area (TPSA) is 85.7 Å². The van der Waals surface area contributed by atoms with Crippen molar-refractivity contribution in [2.45, 2.75) is 25.5 Å². The Morgan fingerprint density at radius 2 is 1.79 bits per heavy atom. The molecule has 0 radical (unpaired) electrons. The number of carbonyl (C=O) groups is 2. The SMILES string of the molecule is COc1ccc(C(C)(C(=O)N(C)C)n2cnc(NC(=O)CCOCc3ccccc3)c2)cc1. The maximum absolute atomic E-state index is 13.2. The lowest BCUT2D eigenvalue weighted by atomic mass is 9.90. The van der Waals surface area contributed by atoms with Crippen LogP contribution in [0.3, 0.4) is 0 Å². The van der Waals surface area contributed by atoms with Crippen LogP contribution in [0.2, 0.25) is 0 Å². The number of aromatic nitrogens is 2. The summed E-state index contributed by atoms with van der Waals surface area (Å²) in [7, 11) is 5.01. The number of rotatable bonds is 10. The maximum atomic E-state index is 13.2. The standard InChI is InChI=1S/C25H30N4O4/c1-25(24(31)28(2)3,20-10-12-21(32-4)13-11-20)29-16-22(26-18-29)27-23(30)14-15-33-17-19-8-6-5-7-9-19/h5-13,16,18H,14-15,17H2,1-4H3,(H,27,30). The van der Waals surface area contributed by atoms with Crippen molar-refractivity contribution in [1.82, 2.24) is 14.5 Å².